The first kappa shape index (κ1) is 11.4. The molecule has 3 nitrogen and oxygen atoms in total. The van der Waals surface area contributed by atoms with Gasteiger partial charge in [-0.3, -0.25) is 0 Å². The normalized spacial score (nSPS) is 24.4. The maximum Gasteiger partial charge on any atom is 0.122 e. The van der Waals surface area contributed by atoms with Crippen molar-refractivity contribution in [2.24, 2.45) is 10.9 Å². The van der Waals surface area contributed by atoms with Gasteiger partial charge in [0.15, 0.2) is 0 Å². The molecule has 0 bridgehead atoms. The Bertz CT molecular complexity index is 563. The zero-order valence-electron chi connectivity index (χ0n) is 9.93. The second-order valence-electron chi connectivity index (χ2n) is 4.30. The monoisotopic (exact) mass is 260 g/mol. The summed E-state index contributed by atoms with van der Waals surface area (Å²) in [6, 6.07) is 5.71. The smallest absolute Gasteiger partial charge is 0.122 e. The molecular weight excluding hydrogens is 248 g/mol. The van der Waals surface area contributed by atoms with Crippen LogP contribution in [-0.4, -0.2) is 12.9 Å². The number of benzene rings is 1. The van der Waals surface area contributed by atoms with Gasteiger partial charge < -0.3 is 10.1 Å². The van der Waals surface area contributed by atoms with E-state index in [1.165, 1.54) is 0 Å². The molecule has 1 aromatic rings. The van der Waals surface area contributed by atoms with Crippen LogP contribution < -0.4 is 10.1 Å². The summed E-state index contributed by atoms with van der Waals surface area (Å²) in [6.07, 6.45) is 7.96. The van der Waals surface area contributed by atoms with Crippen LogP contribution in [0.15, 0.2) is 47.7 Å². The minimum absolute atomic E-state index is 0.206. The van der Waals surface area contributed by atoms with Gasteiger partial charge >= 0.3 is 0 Å². The number of ether oxygens (including phenoxy) is 1. The molecule has 0 saturated carbocycles. The Morgan fingerprint density at radius 2 is 2.17 bits per heavy atom. The Morgan fingerprint density at radius 3 is 3.00 bits per heavy atom. The number of aliphatic imine (C=N–C) groups is 1. The highest BCUT2D eigenvalue weighted by Crippen LogP contribution is 2.38. The van der Waals surface area contributed by atoms with Crippen LogP contribution in [0.1, 0.15) is 11.5 Å². The number of hydrogen-bond acceptors (Lipinski definition) is 3. The van der Waals surface area contributed by atoms with Crippen LogP contribution in [0.25, 0.3) is 0 Å². The molecule has 2 aliphatic rings. The van der Waals surface area contributed by atoms with E-state index in [0.717, 1.165) is 22.2 Å². The predicted octanol–water partition coefficient (Wildman–Crippen LogP) is 3.09. The molecule has 0 amide bonds. The first-order chi connectivity index (χ1) is 8.79. The number of methoxy groups -OCH3 is 1. The lowest BCUT2D eigenvalue weighted by Gasteiger charge is -2.24. The summed E-state index contributed by atoms with van der Waals surface area (Å²) in [5.74, 6) is 2.28. The molecule has 18 heavy (non-hydrogen) atoms. The molecule has 1 N–H and O–H groups in total. The molecule has 0 radical (unpaired) electrons. The topological polar surface area (TPSA) is 33.6 Å². The van der Waals surface area contributed by atoms with Crippen LogP contribution in [-0.2, 0) is 0 Å². The number of allylic oxidation sites excluding steroid dienone is 1. The molecule has 3 rings (SSSR count). The fourth-order valence-corrected chi connectivity index (χ4v) is 2.62. The van der Waals surface area contributed by atoms with E-state index in [2.05, 4.69) is 22.5 Å². The standard InChI is InChI=1S/C14H13ClN2O/c1-18-13-3-2-9(15)8-12(13)10-4-6-16-14-11(10)5-7-17-14/h2-8,10-11H,1H3,(H,16,17). The van der Waals surface area contributed by atoms with Gasteiger partial charge in [-0.2, -0.15) is 0 Å². The van der Waals surface area contributed by atoms with Crippen LogP contribution >= 0.6 is 11.6 Å². The van der Waals surface area contributed by atoms with E-state index in [4.69, 9.17) is 16.3 Å². The predicted molar refractivity (Wildman–Crippen MR) is 73.1 cm³/mol. The molecule has 2 heterocycles. The maximum atomic E-state index is 6.09. The summed E-state index contributed by atoms with van der Waals surface area (Å²) in [5, 5.41) is 3.88. The summed E-state index contributed by atoms with van der Waals surface area (Å²) in [4.78, 5) is 4.33. The van der Waals surface area contributed by atoms with E-state index >= 15 is 0 Å². The van der Waals surface area contributed by atoms with Crippen molar-refractivity contribution in [2.45, 2.75) is 5.92 Å². The van der Waals surface area contributed by atoms with E-state index in [1.807, 2.05) is 30.6 Å². The van der Waals surface area contributed by atoms with Crippen molar-refractivity contribution in [2.75, 3.05) is 7.11 Å². The Balaban J connectivity index is 2.04. The summed E-state index contributed by atoms with van der Waals surface area (Å²) >= 11 is 6.09. The fourth-order valence-electron chi connectivity index (χ4n) is 2.44. The van der Waals surface area contributed by atoms with E-state index in [0.29, 0.717) is 0 Å². The van der Waals surface area contributed by atoms with Crippen molar-refractivity contribution in [3.05, 3.63) is 53.3 Å². The lowest BCUT2D eigenvalue weighted by molar-refractivity contribution is 0.406. The van der Waals surface area contributed by atoms with Gasteiger partial charge in [0.1, 0.15) is 11.6 Å². The van der Waals surface area contributed by atoms with Gasteiger partial charge in [0.05, 0.1) is 7.11 Å². The van der Waals surface area contributed by atoms with E-state index in [-0.39, 0.29) is 11.8 Å². The summed E-state index contributed by atoms with van der Waals surface area (Å²) in [6.45, 7) is 0. The second-order valence-corrected chi connectivity index (χ2v) is 4.73. The molecule has 0 aromatic heterocycles. The van der Waals surface area contributed by atoms with E-state index in [9.17, 15) is 0 Å². The van der Waals surface area contributed by atoms with Crippen molar-refractivity contribution in [3.63, 3.8) is 0 Å². The summed E-state index contributed by atoms with van der Waals surface area (Å²) in [5.41, 5.74) is 1.09. The minimum atomic E-state index is 0.206. The molecule has 0 saturated heterocycles. The largest absolute Gasteiger partial charge is 0.496 e. The van der Waals surface area contributed by atoms with Crippen molar-refractivity contribution in [1.29, 1.82) is 0 Å². The van der Waals surface area contributed by atoms with Crippen LogP contribution in [0, 0.1) is 5.92 Å². The van der Waals surface area contributed by atoms with Crippen LogP contribution in [0.2, 0.25) is 5.02 Å². The zero-order valence-corrected chi connectivity index (χ0v) is 10.7. The number of rotatable bonds is 2. The lowest BCUT2D eigenvalue weighted by Crippen LogP contribution is -2.26. The van der Waals surface area contributed by atoms with Crippen molar-refractivity contribution in [1.82, 2.24) is 5.32 Å². The van der Waals surface area contributed by atoms with E-state index < -0.39 is 0 Å². The van der Waals surface area contributed by atoms with Gasteiger partial charge in [0.2, 0.25) is 0 Å². The molecule has 2 atom stereocenters. The SMILES string of the molecule is COc1ccc(Cl)cc1C1C=CN=C2NC=CC21. The first-order valence-corrected chi connectivity index (χ1v) is 6.18. The number of hydrogen-bond donors (Lipinski definition) is 1. The lowest BCUT2D eigenvalue weighted by atomic mass is 9.84. The highest BCUT2D eigenvalue weighted by atomic mass is 35.5. The average molecular weight is 261 g/mol. The third kappa shape index (κ3) is 1.81. The van der Waals surface area contributed by atoms with Crippen LogP contribution in [0.4, 0.5) is 0 Å². The minimum Gasteiger partial charge on any atom is -0.496 e. The molecule has 2 unspecified atom stereocenters. The van der Waals surface area contributed by atoms with Gasteiger partial charge in [0, 0.05) is 28.6 Å². The quantitative estimate of drug-likeness (QED) is 0.887. The summed E-state index contributed by atoms with van der Waals surface area (Å²) in [7, 11) is 1.68. The second kappa shape index (κ2) is 4.50. The molecule has 0 fully saturated rings. The number of nitrogens with one attached hydrogen (secondary N) is 1. The molecule has 1 aromatic carbocycles. The highest BCUT2D eigenvalue weighted by Gasteiger charge is 2.30. The molecule has 92 valence electrons. The Labute approximate surface area is 111 Å². The third-order valence-electron chi connectivity index (χ3n) is 3.30. The molecule has 4 heteroatoms. The van der Waals surface area contributed by atoms with Gasteiger partial charge in [0.25, 0.3) is 0 Å². The van der Waals surface area contributed by atoms with Gasteiger partial charge in [-0.15, -0.1) is 0 Å². The van der Waals surface area contributed by atoms with Crippen LogP contribution in [0.3, 0.4) is 0 Å². The van der Waals surface area contributed by atoms with Gasteiger partial charge in [-0.25, -0.2) is 4.99 Å². The molecule has 0 spiro atoms. The molecule has 2 aliphatic heterocycles. The van der Waals surface area contributed by atoms with Gasteiger partial charge in [-0.1, -0.05) is 23.8 Å². The highest BCUT2D eigenvalue weighted by molar-refractivity contribution is 6.30. The molecular formula is C14H13ClN2O. The number of halogens is 1. The number of amidine groups is 1. The fraction of sp³-hybridized carbons (Fsp3) is 0.214. The Hall–Kier alpha value is -1.74. The third-order valence-corrected chi connectivity index (χ3v) is 3.53. The number of fused-ring (bicyclic) bond motifs is 1. The van der Waals surface area contributed by atoms with Crippen molar-refractivity contribution >= 4 is 17.4 Å². The summed E-state index contributed by atoms with van der Waals surface area (Å²) < 4.78 is 5.43. The first-order valence-electron chi connectivity index (χ1n) is 5.80. The Kier molecular flexibility index (Phi) is 2.84. The maximum absolute atomic E-state index is 6.09. The van der Waals surface area contributed by atoms with Crippen molar-refractivity contribution in [3.8, 4) is 5.75 Å². The number of nitrogens with zero attached hydrogens (tertiary/aromatic N) is 1. The molecule has 0 aliphatic carbocycles. The average Bonchev–Trinajstić information content (AvgIpc) is 2.86. The van der Waals surface area contributed by atoms with Crippen molar-refractivity contribution < 1.29 is 4.74 Å². The van der Waals surface area contributed by atoms with Gasteiger partial charge in [-0.05, 0) is 24.4 Å². The Morgan fingerprint density at radius 1 is 1.28 bits per heavy atom. The van der Waals surface area contributed by atoms with Crippen LogP contribution in [0.5, 0.6) is 5.75 Å². The van der Waals surface area contributed by atoms with E-state index in [1.54, 1.807) is 7.11 Å². The zero-order chi connectivity index (χ0) is 12.5.